The molecule has 5 aromatic rings. The molecule has 0 aliphatic rings. The standard InChI is InChI=1S/C29H25N3O3S/c1-4-19-6-9-20(10-7-19)28-31-23-16-22(11-12-25(23)35-28)30-29(36)32-27(33)26-14-13-24(34-26)21-8-5-17(2)18(3)15-21/h5-16H,4H2,1-3H3,(H2,30,32,33,36). The summed E-state index contributed by atoms with van der Waals surface area (Å²) in [6, 6.07) is 23.1. The number of amides is 1. The van der Waals surface area contributed by atoms with Crippen LogP contribution in [0.5, 0.6) is 0 Å². The van der Waals surface area contributed by atoms with E-state index in [1.807, 2.05) is 55.5 Å². The second-order valence-corrected chi connectivity index (χ2v) is 9.03. The maximum Gasteiger partial charge on any atom is 0.293 e. The fraction of sp³-hybridized carbons (Fsp3) is 0.138. The van der Waals surface area contributed by atoms with Crippen LogP contribution in [0.2, 0.25) is 0 Å². The SMILES string of the molecule is CCc1ccc(-c2nc3cc(NC(=S)NC(=O)c4ccc(-c5ccc(C)c(C)c5)o4)ccc3o2)cc1. The minimum Gasteiger partial charge on any atom is -0.451 e. The monoisotopic (exact) mass is 495 g/mol. The number of rotatable bonds is 5. The first-order valence-electron chi connectivity index (χ1n) is 11.7. The van der Waals surface area contributed by atoms with Gasteiger partial charge in [-0.3, -0.25) is 10.1 Å². The summed E-state index contributed by atoms with van der Waals surface area (Å²) in [4.78, 5) is 17.3. The summed E-state index contributed by atoms with van der Waals surface area (Å²) in [6.07, 6.45) is 0.979. The average molecular weight is 496 g/mol. The number of fused-ring (bicyclic) bond motifs is 1. The van der Waals surface area contributed by atoms with E-state index in [0.29, 0.717) is 28.4 Å². The summed E-state index contributed by atoms with van der Waals surface area (Å²) >= 11 is 5.34. The van der Waals surface area contributed by atoms with Crippen molar-refractivity contribution in [3.05, 3.63) is 95.2 Å². The zero-order chi connectivity index (χ0) is 25.2. The van der Waals surface area contributed by atoms with E-state index in [2.05, 4.69) is 41.6 Å². The Morgan fingerprint density at radius 2 is 1.67 bits per heavy atom. The first kappa shape index (κ1) is 23.5. The van der Waals surface area contributed by atoms with Crippen molar-refractivity contribution in [1.82, 2.24) is 10.3 Å². The summed E-state index contributed by atoms with van der Waals surface area (Å²) in [5, 5.41) is 5.85. The number of carbonyl (C=O) groups is 1. The molecule has 3 aromatic carbocycles. The molecule has 0 bridgehead atoms. The predicted molar refractivity (Wildman–Crippen MR) is 146 cm³/mol. The number of aryl methyl sites for hydroxylation is 3. The van der Waals surface area contributed by atoms with Gasteiger partial charge in [0.25, 0.3) is 5.91 Å². The molecule has 36 heavy (non-hydrogen) atoms. The number of nitrogens with one attached hydrogen (secondary N) is 2. The van der Waals surface area contributed by atoms with Crippen molar-refractivity contribution in [2.75, 3.05) is 5.32 Å². The highest BCUT2D eigenvalue weighted by atomic mass is 32.1. The lowest BCUT2D eigenvalue weighted by Crippen LogP contribution is -2.33. The Balaban J connectivity index is 1.25. The van der Waals surface area contributed by atoms with Gasteiger partial charge in [-0.05, 0) is 97.7 Å². The van der Waals surface area contributed by atoms with Crippen molar-refractivity contribution in [2.45, 2.75) is 27.2 Å². The second-order valence-electron chi connectivity index (χ2n) is 8.62. The van der Waals surface area contributed by atoms with Crippen molar-refractivity contribution in [3.63, 3.8) is 0 Å². The summed E-state index contributed by atoms with van der Waals surface area (Å²) in [7, 11) is 0. The summed E-state index contributed by atoms with van der Waals surface area (Å²) in [5.41, 5.74) is 7.49. The molecule has 1 amide bonds. The molecule has 2 N–H and O–H groups in total. The van der Waals surface area contributed by atoms with Crippen LogP contribution in [0.15, 0.2) is 81.6 Å². The molecule has 0 aliphatic carbocycles. The Kier molecular flexibility index (Phi) is 6.40. The summed E-state index contributed by atoms with van der Waals surface area (Å²) < 4.78 is 11.7. The van der Waals surface area contributed by atoms with Gasteiger partial charge in [0.2, 0.25) is 5.89 Å². The summed E-state index contributed by atoms with van der Waals surface area (Å²) in [6.45, 7) is 6.21. The Bertz CT molecular complexity index is 1580. The number of oxazole rings is 1. The third kappa shape index (κ3) is 4.92. The fourth-order valence-electron chi connectivity index (χ4n) is 3.85. The third-order valence-electron chi connectivity index (χ3n) is 6.10. The molecule has 2 aromatic heterocycles. The minimum absolute atomic E-state index is 0.155. The molecular formula is C29H25N3O3S. The lowest BCUT2D eigenvalue weighted by atomic mass is 10.1. The van der Waals surface area contributed by atoms with Crippen LogP contribution in [-0.4, -0.2) is 16.0 Å². The van der Waals surface area contributed by atoms with E-state index < -0.39 is 5.91 Å². The van der Waals surface area contributed by atoms with Crippen LogP contribution in [0.3, 0.4) is 0 Å². The van der Waals surface area contributed by atoms with Crippen molar-refractivity contribution < 1.29 is 13.6 Å². The molecule has 0 radical (unpaired) electrons. The molecule has 0 saturated heterocycles. The number of aromatic nitrogens is 1. The largest absolute Gasteiger partial charge is 0.451 e. The number of hydrogen-bond acceptors (Lipinski definition) is 5. The molecule has 0 fully saturated rings. The average Bonchev–Trinajstić information content (AvgIpc) is 3.53. The second kappa shape index (κ2) is 9.79. The molecule has 0 unspecified atom stereocenters. The lowest BCUT2D eigenvalue weighted by Gasteiger charge is -2.08. The van der Waals surface area contributed by atoms with Gasteiger partial charge in [0.1, 0.15) is 11.3 Å². The fourth-order valence-corrected chi connectivity index (χ4v) is 4.06. The molecule has 6 nitrogen and oxygen atoms in total. The quantitative estimate of drug-likeness (QED) is 0.254. The highest BCUT2D eigenvalue weighted by Gasteiger charge is 2.15. The molecule has 7 heteroatoms. The van der Waals surface area contributed by atoms with Crippen LogP contribution in [-0.2, 0) is 6.42 Å². The van der Waals surface area contributed by atoms with Crippen molar-refractivity contribution in [2.24, 2.45) is 0 Å². The molecule has 180 valence electrons. The molecule has 0 aliphatic heterocycles. The molecule has 0 atom stereocenters. The Morgan fingerprint density at radius 3 is 2.42 bits per heavy atom. The van der Waals surface area contributed by atoms with Crippen molar-refractivity contribution >= 4 is 40.0 Å². The first-order chi connectivity index (χ1) is 17.4. The smallest absolute Gasteiger partial charge is 0.293 e. The molecule has 0 spiro atoms. The van der Waals surface area contributed by atoms with Gasteiger partial charge in [-0.25, -0.2) is 4.98 Å². The van der Waals surface area contributed by atoms with Crippen LogP contribution in [0, 0.1) is 13.8 Å². The molecule has 5 rings (SSSR count). The Hall–Kier alpha value is -4.23. The van der Waals surface area contributed by atoms with E-state index in [4.69, 9.17) is 21.1 Å². The zero-order valence-corrected chi connectivity index (χ0v) is 21.0. The van der Waals surface area contributed by atoms with Crippen molar-refractivity contribution in [3.8, 4) is 22.8 Å². The maximum atomic E-state index is 12.7. The number of benzene rings is 3. The van der Waals surface area contributed by atoms with Gasteiger partial charge in [-0.2, -0.15) is 0 Å². The predicted octanol–water partition coefficient (Wildman–Crippen LogP) is 7.06. The Labute approximate surface area is 214 Å². The van der Waals surface area contributed by atoms with E-state index in [-0.39, 0.29) is 10.9 Å². The van der Waals surface area contributed by atoms with Crippen LogP contribution in [0.4, 0.5) is 5.69 Å². The number of nitrogens with zero attached hydrogens (tertiary/aromatic N) is 1. The van der Waals surface area contributed by atoms with Gasteiger partial charge in [-0.15, -0.1) is 0 Å². The zero-order valence-electron chi connectivity index (χ0n) is 20.2. The Morgan fingerprint density at radius 1 is 0.889 bits per heavy atom. The van der Waals surface area contributed by atoms with E-state index in [1.165, 1.54) is 11.1 Å². The number of anilines is 1. The molecule has 0 saturated carbocycles. The van der Waals surface area contributed by atoms with Crippen LogP contribution < -0.4 is 10.6 Å². The van der Waals surface area contributed by atoms with Gasteiger partial charge < -0.3 is 14.2 Å². The number of furan rings is 1. The molecular weight excluding hydrogens is 470 g/mol. The number of thiocarbonyl (C=S) groups is 1. The highest BCUT2D eigenvalue weighted by Crippen LogP contribution is 2.27. The van der Waals surface area contributed by atoms with Crippen LogP contribution >= 0.6 is 12.2 Å². The van der Waals surface area contributed by atoms with Crippen LogP contribution in [0.25, 0.3) is 33.9 Å². The normalized spacial score (nSPS) is 11.0. The number of carbonyl (C=O) groups excluding carboxylic acids is 1. The molecule has 2 heterocycles. The maximum absolute atomic E-state index is 12.7. The van der Waals surface area contributed by atoms with E-state index in [1.54, 1.807) is 12.1 Å². The summed E-state index contributed by atoms with van der Waals surface area (Å²) in [5.74, 6) is 0.929. The van der Waals surface area contributed by atoms with Gasteiger partial charge >= 0.3 is 0 Å². The minimum atomic E-state index is -0.428. The van der Waals surface area contributed by atoms with Crippen molar-refractivity contribution in [1.29, 1.82) is 0 Å². The topological polar surface area (TPSA) is 80.3 Å². The lowest BCUT2D eigenvalue weighted by molar-refractivity contribution is 0.0951. The van der Waals surface area contributed by atoms with Crippen LogP contribution in [0.1, 0.15) is 34.2 Å². The third-order valence-corrected chi connectivity index (χ3v) is 6.31. The van der Waals surface area contributed by atoms with E-state index in [9.17, 15) is 4.79 Å². The van der Waals surface area contributed by atoms with Gasteiger partial charge in [0, 0.05) is 16.8 Å². The van der Waals surface area contributed by atoms with Gasteiger partial charge in [0.05, 0.1) is 0 Å². The van der Waals surface area contributed by atoms with E-state index in [0.717, 1.165) is 23.1 Å². The first-order valence-corrected chi connectivity index (χ1v) is 12.1. The van der Waals surface area contributed by atoms with Gasteiger partial charge in [-0.1, -0.05) is 31.2 Å². The van der Waals surface area contributed by atoms with E-state index >= 15 is 0 Å². The number of hydrogen-bond donors (Lipinski definition) is 2. The van der Waals surface area contributed by atoms with Gasteiger partial charge in [0.15, 0.2) is 16.5 Å². The highest BCUT2D eigenvalue weighted by molar-refractivity contribution is 7.80.